The Hall–Kier alpha value is -2.84. The summed E-state index contributed by atoms with van der Waals surface area (Å²) >= 11 is 0. The molecule has 3 rings (SSSR count). The van der Waals surface area contributed by atoms with Gasteiger partial charge in [-0.2, -0.15) is 0 Å². The van der Waals surface area contributed by atoms with Gasteiger partial charge >= 0.3 is 0 Å². The molecule has 7 nitrogen and oxygen atoms in total. The first-order valence-corrected chi connectivity index (χ1v) is 9.90. The summed E-state index contributed by atoms with van der Waals surface area (Å²) < 4.78 is 27.7. The molecule has 1 heterocycles. The maximum atomic E-state index is 12.5. The van der Waals surface area contributed by atoms with E-state index < -0.39 is 10.0 Å². The molecule has 0 aliphatic rings. The molecule has 0 fully saturated rings. The average molecular weight is 387 g/mol. The third-order valence-electron chi connectivity index (χ3n) is 4.44. The van der Waals surface area contributed by atoms with Crippen LogP contribution in [0.3, 0.4) is 0 Å². The molecule has 0 saturated heterocycles. The number of sulfonamides is 1. The lowest BCUT2D eigenvalue weighted by atomic mass is 10.1. The highest BCUT2D eigenvalue weighted by Gasteiger charge is 2.15. The minimum atomic E-state index is -3.70. The highest BCUT2D eigenvalue weighted by molar-refractivity contribution is 7.89. The Bertz CT molecular complexity index is 1090. The van der Waals surface area contributed by atoms with E-state index in [9.17, 15) is 13.2 Å². The van der Waals surface area contributed by atoms with E-state index in [1.165, 1.54) is 12.1 Å². The number of nitrogens with two attached hydrogens (primary N) is 1. The second kappa shape index (κ2) is 7.42. The van der Waals surface area contributed by atoms with E-state index >= 15 is 0 Å². The summed E-state index contributed by atoms with van der Waals surface area (Å²) in [4.78, 5) is 15.7. The first-order chi connectivity index (χ1) is 12.8. The number of fused-ring (bicyclic) bond motifs is 1. The predicted octanol–water partition coefficient (Wildman–Crippen LogP) is 2.10. The number of nitrogens with one attached hydrogen (secondary N) is 2. The first-order valence-electron chi connectivity index (χ1n) is 8.36. The molecule has 142 valence electrons. The van der Waals surface area contributed by atoms with Crippen molar-refractivity contribution in [2.45, 2.75) is 18.2 Å². The molecule has 0 atom stereocenters. The number of carbonyl (C=O) groups is 1. The molecule has 3 aromatic rings. The van der Waals surface area contributed by atoms with Crippen molar-refractivity contribution >= 4 is 26.8 Å². The van der Waals surface area contributed by atoms with Crippen LogP contribution in [-0.4, -0.2) is 33.0 Å². The first kappa shape index (κ1) is 18.9. The van der Waals surface area contributed by atoms with E-state index in [1.54, 1.807) is 19.2 Å². The smallest absolute Gasteiger partial charge is 0.268 e. The molecular weight excluding hydrogens is 366 g/mol. The van der Waals surface area contributed by atoms with Crippen molar-refractivity contribution in [1.29, 1.82) is 0 Å². The summed E-state index contributed by atoms with van der Waals surface area (Å²) in [6.07, 6.45) is 0.573. The minimum absolute atomic E-state index is 0.0689. The fraction of sp³-hybridized carbons (Fsp3) is 0.211. The summed E-state index contributed by atoms with van der Waals surface area (Å²) in [5, 5.41) is 8.93. The lowest BCUT2D eigenvalue weighted by Crippen LogP contribution is -2.26. The van der Waals surface area contributed by atoms with Gasteiger partial charge in [0.25, 0.3) is 5.91 Å². The van der Waals surface area contributed by atoms with Crippen LogP contribution in [-0.2, 0) is 16.4 Å². The fourth-order valence-electron chi connectivity index (χ4n) is 2.93. The van der Waals surface area contributed by atoms with Crippen LogP contribution < -0.4 is 15.2 Å². The number of amides is 1. The summed E-state index contributed by atoms with van der Waals surface area (Å²) in [5.74, 6) is 0.530. The molecule has 0 aliphatic heterocycles. The Balaban J connectivity index is 1.66. The van der Waals surface area contributed by atoms with Crippen LogP contribution in [0.25, 0.3) is 10.9 Å². The van der Waals surface area contributed by atoms with E-state index in [4.69, 9.17) is 9.88 Å². The van der Waals surface area contributed by atoms with Crippen molar-refractivity contribution in [2.24, 2.45) is 5.14 Å². The van der Waals surface area contributed by atoms with E-state index in [-0.39, 0.29) is 10.8 Å². The molecule has 0 aliphatic carbocycles. The normalized spacial score (nSPS) is 11.5. The van der Waals surface area contributed by atoms with Gasteiger partial charge in [0.15, 0.2) is 0 Å². The summed E-state index contributed by atoms with van der Waals surface area (Å²) in [5.41, 5.74) is 3.14. The Morgan fingerprint density at radius 2 is 1.89 bits per heavy atom. The number of aromatic amines is 1. The molecule has 0 spiro atoms. The third kappa shape index (κ3) is 4.12. The number of aromatic nitrogens is 1. The van der Waals surface area contributed by atoms with Gasteiger partial charge in [-0.15, -0.1) is 0 Å². The van der Waals surface area contributed by atoms with Crippen LogP contribution >= 0.6 is 0 Å². The number of hydrogen-bond donors (Lipinski definition) is 3. The molecular formula is C19H21N3O4S. The number of primary sulfonamides is 1. The third-order valence-corrected chi connectivity index (χ3v) is 5.37. The summed E-state index contributed by atoms with van der Waals surface area (Å²) in [6.45, 7) is 2.32. The number of aryl methyl sites for hydroxylation is 1. The SMILES string of the molecule is COc1ccc2c(C)c(C(=O)NCCc3ccc(S(N)(=O)=O)cc3)[nH]c2c1. The van der Waals surface area contributed by atoms with Crippen molar-refractivity contribution in [1.82, 2.24) is 10.3 Å². The molecule has 0 unspecified atom stereocenters. The zero-order chi connectivity index (χ0) is 19.6. The van der Waals surface area contributed by atoms with E-state index in [1.807, 2.05) is 25.1 Å². The van der Waals surface area contributed by atoms with Crippen molar-refractivity contribution in [3.8, 4) is 5.75 Å². The van der Waals surface area contributed by atoms with Crippen molar-refractivity contribution < 1.29 is 17.9 Å². The second-order valence-electron chi connectivity index (χ2n) is 6.23. The maximum absolute atomic E-state index is 12.5. The topological polar surface area (TPSA) is 114 Å². The lowest BCUT2D eigenvalue weighted by molar-refractivity contribution is 0.0949. The van der Waals surface area contributed by atoms with E-state index in [0.717, 1.165) is 27.8 Å². The number of H-pyrrole nitrogens is 1. The summed E-state index contributed by atoms with van der Waals surface area (Å²) in [6, 6.07) is 11.9. The molecule has 1 aromatic heterocycles. The van der Waals surface area contributed by atoms with Crippen molar-refractivity contribution in [2.75, 3.05) is 13.7 Å². The number of rotatable bonds is 6. The van der Waals surface area contributed by atoms with Crippen molar-refractivity contribution in [3.63, 3.8) is 0 Å². The van der Waals surface area contributed by atoms with Gasteiger partial charge in [-0.1, -0.05) is 12.1 Å². The Morgan fingerprint density at radius 1 is 1.19 bits per heavy atom. The summed E-state index contributed by atoms with van der Waals surface area (Å²) in [7, 11) is -2.10. The Morgan fingerprint density at radius 3 is 2.52 bits per heavy atom. The van der Waals surface area contributed by atoms with Crippen LogP contribution in [0.15, 0.2) is 47.4 Å². The van der Waals surface area contributed by atoms with Crippen LogP contribution in [0.4, 0.5) is 0 Å². The Labute approximate surface area is 157 Å². The van der Waals surface area contributed by atoms with Crippen molar-refractivity contribution in [3.05, 3.63) is 59.3 Å². The number of hydrogen-bond acceptors (Lipinski definition) is 4. The largest absolute Gasteiger partial charge is 0.497 e. The quantitative estimate of drug-likeness (QED) is 0.601. The Kier molecular flexibility index (Phi) is 5.20. The fourth-order valence-corrected chi connectivity index (χ4v) is 3.44. The molecule has 4 N–H and O–H groups in total. The molecule has 1 amide bonds. The van der Waals surface area contributed by atoms with Crippen LogP contribution in [0, 0.1) is 6.92 Å². The molecule has 27 heavy (non-hydrogen) atoms. The molecule has 8 heteroatoms. The van der Waals surface area contributed by atoms with Crippen LogP contribution in [0.2, 0.25) is 0 Å². The predicted molar refractivity (Wildman–Crippen MR) is 103 cm³/mol. The molecule has 0 saturated carbocycles. The highest BCUT2D eigenvalue weighted by Crippen LogP contribution is 2.25. The van der Waals surface area contributed by atoms with Gasteiger partial charge in [0, 0.05) is 23.5 Å². The lowest BCUT2D eigenvalue weighted by Gasteiger charge is -2.06. The second-order valence-corrected chi connectivity index (χ2v) is 7.79. The number of methoxy groups -OCH3 is 1. The monoisotopic (exact) mass is 387 g/mol. The maximum Gasteiger partial charge on any atom is 0.268 e. The molecule has 0 radical (unpaired) electrons. The van der Waals surface area contributed by atoms with Gasteiger partial charge < -0.3 is 15.0 Å². The van der Waals surface area contributed by atoms with Crippen LogP contribution in [0.5, 0.6) is 5.75 Å². The van der Waals surface area contributed by atoms with Gasteiger partial charge in [-0.05, 0) is 48.7 Å². The van der Waals surface area contributed by atoms with Gasteiger partial charge in [0.05, 0.1) is 12.0 Å². The molecule has 0 bridgehead atoms. The number of ether oxygens (including phenoxy) is 1. The van der Waals surface area contributed by atoms with Gasteiger partial charge in [-0.3, -0.25) is 4.79 Å². The average Bonchev–Trinajstić information content (AvgIpc) is 2.97. The number of benzene rings is 2. The molecule has 2 aromatic carbocycles. The number of carbonyl (C=O) groups excluding carboxylic acids is 1. The highest BCUT2D eigenvalue weighted by atomic mass is 32.2. The van der Waals surface area contributed by atoms with Gasteiger partial charge in [0.2, 0.25) is 10.0 Å². The zero-order valence-corrected chi connectivity index (χ0v) is 15.9. The standard InChI is InChI=1S/C19H21N3O4S/c1-12-16-8-5-14(26-2)11-17(16)22-18(12)19(23)21-10-9-13-3-6-15(7-4-13)27(20,24)25/h3-8,11,22H,9-10H2,1-2H3,(H,21,23)(H2,20,24,25). The minimum Gasteiger partial charge on any atom is -0.497 e. The zero-order valence-electron chi connectivity index (χ0n) is 15.1. The van der Waals surface area contributed by atoms with E-state index in [0.29, 0.717) is 18.7 Å². The van der Waals surface area contributed by atoms with Gasteiger partial charge in [0.1, 0.15) is 11.4 Å². The van der Waals surface area contributed by atoms with E-state index in [2.05, 4.69) is 10.3 Å². The van der Waals surface area contributed by atoms with Crippen LogP contribution in [0.1, 0.15) is 21.6 Å². The van der Waals surface area contributed by atoms with Gasteiger partial charge in [-0.25, -0.2) is 13.6 Å².